The molecular formula is C30H39N5O4. The number of piperidine rings is 1. The van der Waals surface area contributed by atoms with Crippen molar-refractivity contribution in [3.8, 4) is 0 Å². The van der Waals surface area contributed by atoms with Crippen molar-refractivity contribution in [3.63, 3.8) is 0 Å². The highest BCUT2D eigenvalue weighted by atomic mass is 16.5. The third-order valence-electron chi connectivity index (χ3n) is 8.23. The summed E-state index contributed by atoms with van der Waals surface area (Å²) in [6.45, 7) is 4.64. The fourth-order valence-electron chi connectivity index (χ4n) is 5.95. The molecule has 1 aromatic carbocycles. The molecule has 5 rings (SSSR count). The molecule has 2 heterocycles. The Hall–Kier alpha value is -3.46. The number of nitrogens with zero attached hydrogens (tertiary/aromatic N) is 2. The normalized spacial score (nSPS) is 22.3. The van der Waals surface area contributed by atoms with Crippen molar-refractivity contribution in [1.29, 1.82) is 0 Å². The number of hydrogen-bond acceptors (Lipinski definition) is 7. The number of hydrogen-bond donors (Lipinski definition) is 3. The number of pyridine rings is 1. The Labute approximate surface area is 229 Å². The standard InChI is InChI=1S/C30H39N5O4/c1-2-39-13-11-27(36)22-8-10-28(33-18-22)35-12-3-4-20-14-23(16-26(20)35)34-30(38)21-7-9-24(29(31)37)25(15-21)32-17-19-5-6-19/h7-10,15,18-20,23,26,32H,2-6,11-14,16-17H2,1H3,(H2,31,37)(H,34,38). The van der Waals surface area contributed by atoms with Crippen LogP contribution in [0.1, 0.15) is 82.9 Å². The van der Waals surface area contributed by atoms with Crippen LogP contribution in [0.2, 0.25) is 0 Å². The number of aromatic nitrogens is 1. The van der Waals surface area contributed by atoms with Gasteiger partial charge in [-0.25, -0.2) is 4.98 Å². The topological polar surface area (TPSA) is 127 Å². The summed E-state index contributed by atoms with van der Waals surface area (Å²) in [4.78, 5) is 44.5. The second kappa shape index (κ2) is 12.2. The number of rotatable bonds is 12. The number of carbonyl (C=O) groups excluding carboxylic acids is 3. The van der Waals surface area contributed by atoms with Crippen LogP contribution >= 0.6 is 0 Å². The molecule has 0 spiro atoms. The second-order valence-corrected chi connectivity index (χ2v) is 11.0. The van der Waals surface area contributed by atoms with Crippen LogP contribution in [0.3, 0.4) is 0 Å². The number of fused-ring (bicyclic) bond motifs is 1. The zero-order valence-corrected chi connectivity index (χ0v) is 22.7. The molecular weight excluding hydrogens is 494 g/mol. The van der Waals surface area contributed by atoms with E-state index in [-0.39, 0.29) is 17.7 Å². The van der Waals surface area contributed by atoms with Crippen LogP contribution < -0.4 is 21.3 Å². The molecule has 1 aliphatic heterocycles. The van der Waals surface area contributed by atoms with Crippen molar-refractivity contribution >= 4 is 29.1 Å². The number of ketones is 1. The van der Waals surface area contributed by atoms with Crippen molar-refractivity contribution in [2.24, 2.45) is 17.6 Å². The lowest BCUT2D eigenvalue weighted by molar-refractivity contribution is 0.0893. The summed E-state index contributed by atoms with van der Waals surface area (Å²) < 4.78 is 5.30. The lowest BCUT2D eigenvalue weighted by atomic mass is 9.92. The monoisotopic (exact) mass is 533 g/mol. The molecule has 208 valence electrons. The van der Waals surface area contributed by atoms with Gasteiger partial charge in [0.1, 0.15) is 5.82 Å². The smallest absolute Gasteiger partial charge is 0.251 e. The number of anilines is 2. The van der Waals surface area contributed by atoms with Crippen LogP contribution in [-0.2, 0) is 4.74 Å². The highest BCUT2D eigenvalue weighted by Gasteiger charge is 2.41. The van der Waals surface area contributed by atoms with Gasteiger partial charge in [0.15, 0.2) is 5.78 Å². The molecule has 0 radical (unpaired) electrons. The summed E-state index contributed by atoms with van der Waals surface area (Å²) in [5.74, 6) is 1.38. The Bertz CT molecular complexity index is 1200. The number of ether oxygens (including phenoxy) is 1. The van der Waals surface area contributed by atoms with Gasteiger partial charge in [0, 0.05) is 61.2 Å². The van der Waals surface area contributed by atoms with E-state index in [0.717, 1.165) is 44.6 Å². The molecule has 2 aromatic rings. The third-order valence-corrected chi connectivity index (χ3v) is 8.23. The fourth-order valence-corrected chi connectivity index (χ4v) is 5.95. The van der Waals surface area contributed by atoms with Gasteiger partial charge in [0.05, 0.1) is 12.2 Å². The van der Waals surface area contributed by atoms with Gasteiger partial charge in [-0.1, -0.05) is 0 Å². The van der Waals surface area contributed by atoms with E-state index >= 15 is 0 Å². The zero-order chi connectivity index (χ0) is 27.4. The quantitative estimate of drug-likeness (QED) is 0.280. The van der Waals surface area contributed by atoms with Crippen molar-refractivity contribution in [3.05, 3.63) is 53.2 Å². The number of nitrogens with two attached hydrogens (primary N) is 1. The Balaban J connectivity index is 1.21. The molecule has 9 nitrogen and oxygen atoms in total. The van der Waals surface area contributed by atoms with E-state index in [1.54, 1.807) is 24.4 Å². The molecule has 39 heavy (non-hydrogen) atoms. The van der Waals surface area contributed by atoms with Crippen molar-refractivity contribution in [2.75, 3.05) is 36.5 Å². The number of primary amides is 1. The van der Waals surface area contributed by atoms with Crippen molar-refractivity contribution in [1.82, 2.24) is 10.3 Å². The van der Waals surface area contributed by atoms with E-state index in [1.807, 2.05) is 19.1 Å². The molecule has 2 saturated carbocycles. The molecule has 4 N–H and O–H groups in total. The van der Waals surface area contributed by atoms with Crippen molar-refractivity contribution < 1.29 is 19.1 Å². The first-order chi connectivity index (χ1) is 18.9. The van der Waals surface area contributed by atoms with Gasteiger partial charge in [-0.3, -0.25) is 14.4 Å². The Morgan fingerprint density at radius 2 is 1.92 bits per heavy atom. The summed E-state index contributed by atoms with van der Waals surface area (Å²) in [7, 11) is 0. The number of amides is 2. The Morgan fingerprint density at radius 1 is 1.10 bits per heavy atom. The highest BCUT2D eigenvalue weighted by molar-refractivity contribution is 6.02. The molecule has 2 amide bonds. The lowest BCUT2D eigenvalue weighted by Crippen LogP contribution is -2.43. The first-order valence-corrected chi connectivity index (χ1v) is 14.2. The van der Waals surface area contributed by atoms with Gasteiger partial charge in [0.2, 0.25) is 0 Å². The SMILES string of the molecule is CCOCCC(=O)c1ccc(N2CCCC3CC(NC(=O)c4ccc(C(N)=O)c(NCC5CC5)c4)CC32)nc1. The van der Waals surface area contributed by atoms with E-state index in [2.05, 4.69) is 20.5 Å². The summed E-state index contributed by atoms with van der Waals surface area (Å²) in [5, 5.41) is 6.55. The molecule has 1 aromatic heterocycles. The first-order valence-electron chi connectivity index (χ1n) is 14.2. The molecule has 3 fully saturated rings. The molecule has 0 bridgehead atoms. The minimum Gasteiger partial charge on any atom is -0.384 e. The van der Waals surface area contributed by atoms with Gasteiger partial charge in [-0.15, -0.1) is 0 Å². The minimum atomic E-state index is -0.503. The van der Waals surface area contributed by atoms with Crippen LogP contribution in [0.25, 0.3) is 0 Å². The van der Waals surface area contributed by atoms with Crippen LogP contribution in [0.15, 0.2) is 36.5 Å². The van der Waals surface area contributed by atoms with Gasteiger partial charge < -0.3 is 26.0 Å². The summed E-state index contributed by atoms with van der Waals surface area (Å²) in [6, 6.07) is 9.22. The predicted molar refractivity (Wildman–Crippen MR) is 150 cm³/mol. The fraction of sp³-hybridized carbons (Fsp3) is 0.533. The van der Waals surface area contributed by atoms with Gasteiger partial charge in [-0.05, 0) is 87.6 Å². The zero-order valence-electron chi connectivity index (χ0n) is 22.7. The Kier molecular flexibility index (Phi) is 8.45. The van der Waals surface area contributed by atoms with Crippen LogP contribution in [0.5, 0.6) is 0 Å². The predicted octanol–water partition coefficient (Wildman–Crippen LogP) is 3.79. The van der Waals surface area contributed by atoms with E-state index < -0.39 is 5.91 Å². The minimum absolute atomic E-state index is 0.0393. The van der Waals surface area contributed by atoms with Gasteiger partial charge in [-0.2, -0.15) is 0 Å². The number of Topliss-reactive ketones (excluding diaryl/α,β-unsaturated/α-hetero) is 1. The molecule has 1 saturated heterocycles. The maximum atomic E-state index is 13.2. The number of benzene rings is 1. The number of nitrogens with one attached hydrogen (secondary N) is 2. The van der Waals surface area contributed by atoms with Gasteiger partial charge in [0.25, 0.3) is 11.8 Å². The average molecular weight is 534 g/mol. The summed E-state index contributed by atoms with van der Waals surface area (Å²) in [6.07, 6.45) is 8.37. The Morgan fingerprint density at radius 3 is 2.64 bits per heavy atom. The van der Waals surface area contributed by atoms with E-state index in [9.17, 15) is 14.4 Å². The van der Waals surface area contributed by atoms with Crippen molar-refractivity contribution in [2.45, 2.75) is 64.0 Å². The second-order valence-electron chi connectivity index (χ2n) is 11.0. The molecule has 3 unspecified atom stereocenters. The van der Waals surface area contributed by atoms with Gasteiger partial charge >= 0.3 is 0 Å². The van der Waals surface area contributed by atoms with E-state index in [0.29, 0.717) is 59.9 Å². The van der Waals surface area contributed by atoms with Crippen LogP contribution in [-0.4, -0.2) is 61.0 Å². The first kappa shape index (κ1) is 27.1. The average Bonchev–Trinajstić information content (AvgIpc) is 3.68. The summed E-state index contributed by atoms with van der Waals surface area (Å²) >= 11 is 0. The summed E-state index contributed by atoms with van der Waals surface area (Å²) in [5.41, 5.74) is 7.72. The molecule has 3 atom stereocenters. The molecule has 9 heteroatoms. The maximum Gasteiger partial charge on any atom is 0.251 e. The largest absolute Gasteiger partial charge is 0.384 e. The maximum absolute atomic E-state index is 13.2. The number of carbonyl (C=O) groups is 3. The van der Waals surface area contributed by atoms with E-state index in [1.165, 1.54) is 12.8 Å². The van der Waals surface area contributed by atoms with E-state index in [4.69, 9.17) is 10.5 Å². The third kappa shape index (κ3) is 6.58. The highest BCUT2D eigenvalue weighted by Crippen LogP contribution is 2.39. The van der Waals surface area contributed by atoms with Crippen LogP contribution in [0.4, 0.5) is 11.5 Å². The lowest BCUT2D eigenvalue weighted by Gasteiger charge is -2.38. The molecule has 3 aliphatic rings. The molecule has 2 aliphatic carbocycles. The van der Waals surface area contributed by atoms with Crippen LogP contribution in [0, 0.1) is 11.8 Å².